The molecule has 0 bridgehead atoms. The summed E-state index contributed by atoms with van der Waals surface area (Å²) in [6.45, 7) is 4.45. The number of thiophene rings is 1. The maximum atomic E-state index is 3.33. The summed E-state index contributed by atoms with van der Waals surface area (Å²) in [6, 6.07) is 5.21. The van der Waals surface area contributed by atoms with E-state index in [0.717, 1.165) is 26.2 Å². The Balaban J connectivity index is 2.04. The van der Waals surface area contributed by atoms with Gasteiger partial charge in [-0.2, -0.15) is 0 Å². The molecule has 1 aliphatic rings. The molecule has 3 heteroatoms. The Bertz CT molecular complexity index is 202. The zero-order valence-corrected chi connectivity index (χ0v) is 7.16. The first-order chi connectivity index (χ1) is 5.47. The predicted molar refractivity (Wildman–Crippen MR) is 48.2 cm³/mol. The zero-order chi connectivity index (χ0) is 7.52. The van der Waals surface area contributed by atoms with Crippen LogP contribution in [-0.2, 0) is 0 Å². The third-order valence-corrected chi connectivity index (χ3v) is 2.73. The molecule has 0 aromatic carbocycles. The highest BCUT2D eigenvalue weighted by Crippen LogP contribution is 2.19. The van der Waals surface area contributed by atoms with Crippen molar-refractivity contribution >= 4 is 16.3 Å². The SMILES string of the molecule is [c]1ccsc1N1CCNCC1. The van der Waals surface area contributed by atoms with Crippen LogP contribution >= 0.6 is 11.3 Å². The number of nitrogens with zero attached hydrogens (tertiary/aromatic N) is 1. The average Bonchev–Trinajstić information content (AvgIpc) is 2.58. The van der Waals surface area contributed by atoms with Crippen LogP contribution in [0.4, 0.5) is 5.00 Å². The van der Waals surface area contributed by atoms with Crippen LogP contribution in [0.2, 0.25) is 0 Å². The Hall–Kier alpha value is -0.540. The molecule has 1 saturated heterocycles. The average molecular weight is 167 g/mol. The van der Waals surface area contributed by atoms with Crippen molar-refractivity contribution in [3.63, 3.8) is 0 Å². The van der Waals surface area contributed by atoms with Crippen LogP contribution in [0.15, 0.2) is 11.4 Å². The Morgan fingerprint density at radius 1 is 1.45 bits per heavy atom. The lowest BCUT2D eigenvalue weighted by Crippen LogP contribution is -2.43. The minimum atomic E-state index is 1.10. The number of nitrogens with one attached hydrogen (secondary N) is 1. The van der Waals surface area contributed by atoms with Crippen LogP contribution in [0.5, 0.6) is 0 Å². The molecule has 0 unspecified atom stereocenters. The third kappa shape index (κ3) is 1.54. The molecule has 1 fully saturated rings. The van der Waals surface area contributed by atoms with E-state index in [-0.39, 0.29) is 0 Å². The molecule has 0 saturated carbocycles. The molecule has 2 heterocycles. The van der Waals surface area contributed by atoms with Gasteiger partial charge in [-0.25, -0.2) is 0 Å². The van der Waals surface area contributed by atoms with E-state index in [1.54, 1.807) is 11.3 Å². The normalized spacial score (nSPS) is 18.7. The van der Waals surface area contributed by atoms with Crippen molar-refractivity contribution in [3.8, 4) is 0 Å². The molecule has 11 heavy (non-hydrogen) atoms. The molecule has 2 rings (SSSR count). The number of piperazine rings is 1. The highest BCUT2D eigenvalue weighted by Gasteiger charge is 2.10. The van der Waals surface area contributed by atoms with Crippen LogP contribution < -0.4 is 10.2 Å². The number of anilines is 1. The molecule has 1 N–H and O–H groups in total. The van der Waals surface area contributed by atoms with E-state index in [0.29, 0.717) is 0 Å². The van der Waals surface area contributed by atoms with E-state index in [1.807, 2.05) is 6.07 Å². The quantitative estimate of drug-likeness (QED) is 0.670. The van der Waals surface area contributed by atoms with Crippen molar-refractivity contribution in [1.29, 1.82) is 0 Å². The second-order valence-electron chi connectivity index (χ2n) is 2.61. The molecular weight excluding hydrogens is 156 g/mol. The lowest BCUT2D eigenvalue weighted by atomic mass is 10.4. The van der Waals surface area contributed by atoms with Gasteiger partial charge in [-0.3, -0.25) is 0 Å². The van der Waals surface area contributed by atoms with Gasteiger partial charge in [-0.05, 0) is 11.4 Å². The number of hydrogen-bond donors (Lipinski definition) is 1. The predicted octanol–water partition coefficient (Wildman–Crippen LogP) is 0.958. The van der Waals surface area contributed by atoms with Crippen LogP contribution in [0.25, 0.3) is 0 Å². The summed E-state index contributed by atoms with van der Waals surface area (Å²) in [7, 11) is 0. The first-order valence-electron chi connectivity index (χ1n) is 3.88. The fourth-order valence-corrected chi connectivity index (χ4v) is 2.00. The van der Waals surface area contributed by atoms with Gasteiger partial charge in [0.2, 0.25) is 0 Å². The standard InChI is InChI=1S/C8H11N2S/c1-2-8(11-7-1)10-5-3-9-4-6-10/h1,7,9H,3-6H2. The molecule has 0 spiro atoms. The Morgan fingerprint density at radius 2 is 2.27 bits per heavy atom. The van der Waals surface area contributed by atoms with Crippen molar-refractivity contribution in [2.24, 2.45) is 0 Å². The molecule has 1 radical (unpaired) electrons. The summed E-state index contributed by atoms with van der Waals surface area (Å²) in [6.07, 6.45) is 0. The van der Waals surface area contributed by atoms with E-state index < -0.39 is 0 Å². The van der Waals surface area contributed by atoms with Crippen LogP contribution in [0.1, 0.15) is 0 Å². The molecular formula is C8H11N2S. The Kier molecular flexibility index (Phi) is 2.10. The van der Waals surface area contributed by atoms with Gasteiger partial charge < -0.3 is 10.2 Å². The maximum absolute atomic E-state index is 3.33. The summed E-state index contributed by atoms with van der Waals surface area (Å²) < 4.78 is 0. The van der Waals surface area contributed by atoms with Crippen molar-refractivity contribution in [1.82, 2.24) is 5.32 Å². The van der Waals surface area contributed by atoms with Gasteiger partial charge in [0.25, 0.3) is 0 Å². The fraction of sp³-hybridized carbons (Fsp3) is 0.500. The molecule has 0 atom stereocenters. The van der Waals surface area contributed by atoms with Gasteiger partial charge in [0.15, 0.2) is 0 Å². The monoisotopic (exact) mass is 167 g/mol. The summed E-state index contributed by atoms with van der Waals surface area (Å²) in [5.41, 5.74) is 0. The zero-order valence-electron chi connectivity index (χ0n) is 6.34. The molecule has 0 aliphatic carbocycles. The van der Waals surface area contributed by atoms with E-state index >= 15 is 0 Å². The summed E-state index contributed by atoms with van der Waals surface area (Å²) >= 11 is 1.77. The van der Waals surface area contributed by atoms with Crippen LogP contribution in [0.3, 0.4) is 0 Å². The van der Waals surface area contributed by atoms with Crippen LogP contribution in [0, 0.1) is 6.07 Å². The Morgan fingerprint density at radius 3 is 2.91 bits per heavy atom. The molecule has 1 aliphatic heterocycles. The molecule has 1 aromatic heterocycles. The van der Waals surface area contributed by atoms with Crippen molar-refractivity contribution in [2.45, 2.75) is 0 Å². The van der Waals surface area contributed by atoms with E-state index in [1.165, 1.54) is 5.00 Å². The van der Waals surface area contributed by atoms with Crippen molar-refractivity contribution in [2.75, 3.05) is 31.1 Å². The highest BCUT2D eigenvalue weighted by atomic mass is 32.1. The highest BCUT2D eigenvalue weighted by molar-refractivity contribution is 7.14. The second kappa shape index (κ2) is 3.24. The molecule has 1 aromatic rings. The third-order valence-electron chi connectivity index (χ3n) is 1.86. The first-order valence-corrected chi connectivity index (χ1v) is 4.75. The van der Waals surface area contributed by atoms with Gasteiger partial charge >= 0.3 is 0 Å². The van der Waals surface area contributed by atoms with Gasteiger partial charge in [0.05, 0.1) is 5.00 Å². The molecule has 2 nitrogen and oxygen atoms in total. The van der Waals surface area contributed by atoms with E-state index in [9.17, 15) is 0 Å². The Labute approximate surface area is 70.8 Å². The van der Waals surface area contributed by atoms with Gasteiger partial charge in [0.1, 0.15) is 0 Å². The smallest absolute Gasteiger partial charge is 0.0990 e. The largest absolute Gasteiger partial charge is 0.360 e. The summed E-state index contributed by atoms with van der Waals surface area (Å²) in [4.78, 5) is 2.38. The summed E-state index contributed by atoms with van der Waals surface area (Å²) in [5, 5.41) is 6.69. The van der Waals surface area contributed by atoms with Crippen molar-refractivity contribution < 1.29 is 0 Å². The van der Waals surface area contributed by atoms with Crippen molar-refractivity contribution in [3.05, 3.63) is 17.5 Å². The van der Waals surface area contributed by atoms with Gasteiger partial charge in [0, 0.05) is 32.2 Å². The van der Waals surface area contributed by atoms with Gasteiger partial charge in [-0.15, -0.1) is 11.3 Å². The minimum absolute atomic E-state index is 1.10. The fourth-order valence-electron chi connectivity index (χ4n) is 1.27. The maximum Gasteiger partial charge on any atom is 0.0990 e. The minimum Gasteiger partial charge on any atom is -0.360 e. The molecule has 59 valence electrons. The lowest BCUT2D eigenvalue weighted by molar-refractivity contribution is 0.592. The second-order valence-corrected chi connectivity index (χ2v) is 3.50. The van der Waals surface area contributed by atoms with Gasteiger partial charge in [-0.1, -0.05) is 0 Å². The summed E-state index contributed by atoms with van der Waals surface area (Å²) in [5.74, 6) is 0. The van der Waals surface area contributed by atoms with E-state index in [4.69, 9.17) is 0 Å². The number of rotatable bonds is 1. The first kappa shape index (κ1) is 7.13. The molecule has 0 amide bonds. The topological polar surface area (TPSA) is 15.3 Å². The number of hydrogen-bond acceptors (Lipinski definition) is 3. The lowest BCUT2D eigenvalue weighted by Gasteiger charge is -2.27. The van der Waals surface area contributed by atoms with E-state index in [2.05, 4.69) is 21.7 Å². The van der Waals surface area contributed by atoms with Crippen LogP contribution in [-0.4, -0.2) is 26.2 Å².